The number of hydrogen-bond acceptors (Lipinski definition) is 4. The van der Waals surface area contributed by atoms with E-state index in [1.165, 1.54) is 0 Å². The van der Waals surface area contributed by atoms with Gasteiger partial charge in [0.25, 0.3) is 0 Å². The smallest absolute Gasteiger partial charge is 0.120 e. The van der Waals surface area contributed by atoms with Crippen LogP contribution in [0.15, 0.2) is 24.3 Å². The molecule has 0 radical (unpaired) electrons. The second kappa shape index (κ2) is 4.72. The fourth-order valence-corrected chi connectivity index (χ4v) is 1.71. The number of anilines is 1. The normalized spacial score (nSPS) is 17.6. The molecule has 0 saturated carbocycles. The highest BCUT2D eigenvalue weighted by atomic mass is 16.5. The lowest BCUT2D eigenvalue weighted by Gasteiger charge is -2.40. The molecule has 88 valence electrons. The van der Waals surface area contributed by atoms with Gasteiger partial charge < -0.3 is 20.5 Å². The Balaban J connectivity index is 1.93. The fourth-order valence-electron chi connectivity index (χ4n) is 1.71. The van der Waals surface area contributed by atoms with Crippen molar-refractivity contribution in [3.05, 3.63) is 24.3 Å². The zero-order chi connectivity index (χ0) is 11.4. The van der Waals surface area contributed by atoms with Crippen molar-refractivity contribution in [3.8, 4) is 5.75 Å². The molecule has 1 aliphatic rings. The minimum atomic E-state index is 0.114. The molecule has 0 atom stereocenters. The van der Waals surface area contributed by atoms with E-state index in [9.17, 15) is 0 Å². The van der Waals surface area contributed by atoms with Crippen molar-refractivity contribution in [2.45, 2.75) is 0 Å². The molecule has 0 spiro atoms. The second-order valence-corrected chi connectivity index (χ2v) is 4.28. The molecule has 4 nitrogen and oxygen atoms in total. The zero-order valence-corrected chi connectivity index (χ0v) is 9.53. The fraction of sp³-hybridized carbons (Fsp3) is 0.500. The molecule has 16 heavy (non-hydrogen) atoms. The van der Waals surface area contributed by atoms with Gasteiger partial charge >= 0.3 is 0 Å². The molecular formula is C12H18N2O2. The molecule has 0 aliphatic carbocycles. The molecule has 1 aromatic rings. The van der Waals surface area contributed by atoms with Gasteiger partial charge in [-0.2, -0.15) is 0 Å². The molecule has 0 unspecified atom stereocenters. The molecule has 0 bridgehead atoms. The minimum Gasteiger partial charge on any atom is -0.497 e. The first-order valence-electron chi connectivity index (χ1n) is 5.44. The lowest BCUT2D eigenvalue weighted by molar-refractivity contribution is -0.0979. The lowest BCUT2D eigenvalue weighted by atomic mass is 9.86. The quantitative estimate of drug-likeness (QED) is 0.783. The third kappa shape index (κ3) is 2.28. The molecule has 0 amide bonds. The Morgan fingerprint density at radius 3 is 2.88 bits per heavy atom. The third-order valence-electron chi connectivity index (χ3n) is 2.99. The largest absolute Gasteiger partial charge is 0.497 e. The van der Waals surface area contributed by atoms with E-state index >= 15 is 0 Å². The molecule has 1 saturated heterocycles. The summed E-state index contributed by atoms with van der Waals surface area (Å²) in [6.07, 6.45) is 0. The van der Waals surface area contributed by atoms with E-state index in [1.807, 2.05) is 24.3 Å². The summed E-state index contributed by atoms with van der Waals surface area (Å²) in [5.41, 5.74) is 6.91. The predicted molar refractivity (Wildman–Crippen MR) is 63.8 cm³/mol. The van der Waals surface area contributed by atoms with E-state index in [0.29, 0.717) is 6.54 Å². The van der Waals surface area contributed by atoms with Crippen LogP contribution in [0, 0.1) is 5.41 Å². The molecule has 1 aromatic carbocycles. The van der Waals surface area contributed by atoms with Gasteiger partial charge in [-0.3, -0.25) is 0 Å². The van der Waals surface area contributed by atoms with Crippen LogP contribution in [0.25, 0.3) is 0 Å². The molecule has 0 aromatic heterocycles. The van der Waals surface area contributed by atoms with Crippen LogP contribution in [0.1, 0.15) is 0 Å². The minimum absolute atomic E-state index is 0.114. The number of benzene rings is 1. The van der Waals surface area contributed by atoms with Crippen LogP contribution < -0.4 is 15.8 Å². The summed E-state index contributed by atoms with van der Waals surface area (Å²) in [5.74, 6) is 0.858. The van der Waals surface area contributed by atoms with Gasteiger partial charge in [-0.1, -0.05) is 6.07 Å². The van der Waals surface area contributed by atoms with Crippen molar-refractivity contribution in [1.29, 1.82) is 0 Å². The van der Waals surface area contributed by atoms with Crippen LogP contribution in [0.4, 0.5) is 5.69 Å². The maximum Gasteiger partial charge on any atom is 0.120 e. The first-order valence-corrected chi connectivity index (χ1v) is 5.44. The maximum absolute atomic E-state index is 5.74. The molecule has 1 aliphatic heterocycles. The SMILES string of the molecule is COc1cccc(NCC2(CN)COC2)c1. The van der Waals surface area contributed by atoms with Gasteiger partial charge in [0.2, 0.25) is 0 Å². The summed E-state index contributed by atoms with van der Waals surface area (Å²) < 4.78 is 10.4. The summed E-state index contributed by atoms with van der Waals surface area (Å²) in [6.45, 7) is 3.00. The summed E-state index contributed by atoms with van der Waals surface area (Å²) in [5, 5.41) is 3.37. The van der Waals surface area contributed by atoms with Gasteiger partial charge in [-0.15, -0.1) is 0 Å². The number of nitrogens with one attached hydrogen (secondary N) is 1. The Hall–Kier alpha value is -1.26. The Kier molecular flexibility index (Phi) is 3.31. The Labute approximate surface area is 95.7 Å². The molecular weight excluding hydrogens is 204 g/mol. The van der Waals surface area contributed by atoms with Crippen molar-refractivity contribution >= 4 is 5.69 Å². The molecule has 2 rings (SSSR count). The van der Waals surface area contributed by atoms with Gasteiger partial charge in [0.05, 0.1) is 20.3 Å². The average Bonchev–Trinajstić information content (AvgIpc) is 2.29. The lowest BCUT2D eigenvalue weighted by Crippen LogP contribution is -2.52. The summed E-state index contributed by atoms with van der Waals surface area (Å²) in [6, 6.07) is 7.89. The van der Waals surface area contributed by atoms with Gasteiger partial charge in [0.1, 0.15) is 5.75 Å². The van der Waals surface area contributed by atoms with E-state index < -0.39 is 0 Å². The van der Waals surface area contributed by atoms with E-state index in [2.05, 4.69) is 5.32 Å². The zero-order valence-electron chi connectivity index (χ0n) is 9.53. The number of ether oxygens (including phenoxy) is 2. The van der Waals surface area contributed by atoms with Crippen molar-refractivity contribution in [2.75, 3.05) is 38.7 Å². The summed E-state index contributed by atoms with van der Waals surface area (Å²) in [4.78, 5) is 0. The molecule has 1 fully saturated rings. The summed E-state index contributed by atoms with van der Waals surface area (Å²) in [7, 11) is 1.67. The molecule has 4 heteroatoms. The Morgan fingerprint density at radius 2 is 2.31 bits per heavy atom. The highest BCUT2D eigenvalue weighted by molar-refractivity contribution is 5.48. The van der Waals surface area contributed by atoms with Gasteiger partial charge in [0.15, 0.2) is 0 Å². The van der Waals surface area contributed by atoms with Crippen molar-refractivity contribution < 1.29 is 9.47 Å². The van der Waals surface area contributed by atoms with Crippen LogP contribution in [0.5, 0.6) is 5.75 Å². The highest BCUT2D eigenvalue weighted by Crippen LogP contribution is 2.27. The Morgan fingerprint density at radius 1 is 1.50 bits per heavy atom. The monoisotopic (exact) mass is 222 g/mol. The molecule has 3 N–H and O–H groups in total. The van der Waals surface area contributed by atoms with E-state index in [4.69, 9.17) is 15.2 Å². The average molecular weight is 222 g/mol. The second-order valence-electron chi connectivity index (χ2n) is 4.28. The van der Waals surface area contributed by atoms with Crippen LogP contribution in [-0.4, -0.2) is 33.4 Å². The van der Waals surface area contributed by atoms with Crippen LogP contribution >= 0.6 is 0 Å². The standard InChI is InChI=1S/C12H18N2O2/c1-15-11-4-2-3-10(5-11)14-7-12(6-13)8-16-9-12/h2-5,14H,6-9,13H2,1H3. The van der Waals surface area contributed by atoms with Crippen LogP contribution in [-0.2, 0) is 4.74 Å². The first kappa shape index (κ1) is 11.2. The summed E-state index contributed by atoms with van der Waals surface area (Å²) >= 11 is 0. The highest BCUT2D eigenvalue weighted by Gasteiger charge is 2.36. The van der Waals surface area contributed by atoms with Crippen molar-refractivity contribution in [1.82, 2.24) is 0 Å². The van der Waals surface area contributed by atoms with E-state index in [0.717, 1.165) is 31.2 Å². The van der Waals surface area contributed by atoms with Crippen molar-refractivity contribution in [3.63, 3.8) is 0 Å². The number of methoxy groups -OCH3 is 1. The topological polar surface area (TPSA) is 56.5 Å². The van der Waals surface area contributed by atoms with Gasteiger partial charge in [0, 0.05) is 30.3 Å². The van der Waals surface area contributed by atoms with Crippen LogP contribution in [0.2, 0.25) is 0 Å². The maximum atomic E-state index is 5.74. The van der Waals surface area contributed by atoms with Gasteiger partial charge in [-0.05, 0) is 12.1 Å². The number of rotatable bonds is 5. The third-order valence-corrected chi connectivity index (χ3v) is 2.99. The van der Waals surface area contributed by atoms with Crippen LogP contribution in [0.3, 0.4) is 0 Å². The van der Waals surface area contributed by atoms with Crippen molar-refractivity contribution in [2.24, 2.45) is 11.1 Å². The predicted octanol–water partition coefficient (Wildman–Crippen LogP) is 1.08. The van der Waals surface area contributed by atoms with E-state index in [-0.39, 0.29) is 5.41 Å². The number of hydrogen-bond donors (Lipinski definition) is 2. The number of nitrogens with two attached hydrogens (primary N) is 1. The first-order chi connectivity index (χ1) is 7.78. The molecule has 1 heterocycles. The van der Waals surface area contributed by atoms with E-state index in [1.54, 1.807) is 7.11 Å². The van der Waals surface area contributed by atoms with Gasteiger partial charge in [-0.25, -0.2) is 0 Å². The Bertz CT molecular complexity index is 345.